The van der Waals surface area contributed by atoms with E-state index >= 15 is 0 Å². The molecule has 0 radical (unpaired) electrons. The second-order valence-electron chi connectivity index (χ2n) is 4.35. The summed E-state index contributed by atoms with van der Waals surface area (Å²) >= 11 is 5.85. The first-order chi connectivity index (χ1) is 7.97. The second-order valence-corrected chi connectivity index (χ2v) is 4.76. The summed E-state index contributed by atoms with van der Waals surface area (Å²) in [4.78, 5) is 0. The van der Waals surface area contributed by atoms with E-state index in [0.29, 0.717) is 17.3 Å². The molecule has 1 N–H and O–H groups in total. The van der Waals surface area contributed by atoms with Crippen molar-refractivity contribution >= 4 is 17.3 Å². The van der Waals surface area contributed by atoms with Gasteiger partial charge in [-0.3, -0.25) is 0 Å². The van der Waals surface area contributed by atoms with E-state index < -0.39 is 11.7 Å². The Bertz CT molecular complexity index is 399. The lowest BCUT2D eigenvalue weighted by Crippen LogP contribution is -2.08. The summed E-state index contributed by atoms with van der Waals surface area (Å²) in [5, 5.41) is 3.29. The lowest BCUT2D eigenvalue weighted by Gasteiger charge is -2.12. The van der Waals surface area contributed by atoms with Crippen molar-refractivity contribution in [3.63, 3.8) is 0 Å². The summed E-state index contributed by atoms with van der Waals surface area (Å²) in [6, 6.07) is 3.34. The van der Waals surface area contributed by atoms with E-state index in [1.165, 1.54) is 18.9 Å². The van der Waals surface area contributed by atoms with Crippen molar-refractivity contribution in [3.8, 4) is 0 Å². The number of hydrogen-bond acceptors (Lipinski definition) is 1. The molecular formula is C12H13ClF3N. The molecule has 0 aliphatic heterocycles. The second kappa shape index (κ2) is 4.77. The maximum absolute atomic E-state index is 12.5. The van der Waals surface area contributed by atoms with Crippen LogP contribution in [0.4, 0.5) is 18.9 Å². The molecule has 0 amide bonds. The first-order valence-electron chi connectivity index (χ1n) is 5.57. The zero-order valence-electron chi connectivity index (χ0n) is 9.15. The zero-order chi connectivity index (χ0) is 12.5. The number of rotatable bonds is 4. The SMILES string of the molecule is FC(F)(F)c1ccc(Cl)c(NCCC2CC2)c1. The van der Waals surface area contributed by atoms with Gasteiger partial charge >= 0.3 is 6.18 Å². The van der Waals surface area contributed by atoms with Gasteiger partial charge in [-0.1, -0.05) is 24.4 Å². The van der Waals surface area contributed by atoms with Crippen LogP contribution in [0.25, 0.3) is 0 Å². The highest BCUT2D eigenvalue weighted by Crippen LogP contribution is 2.35. The maximum Gasteiger partial charge on any atom is 0.416 e. The van der Waals surface area contributed by atoms with Crippen molar-refractivity contribution in [2.24, 2.45) is 5.92 Å². The number of halogens is 4. The Labute approximate surface area is 103 Å². The molecule has 2 rings (SSSR count). The molecule has 0 bridgehead atoms. The van der Waals surface area contributed by atoms with Crippen molar-refractivity contribution in [1.29, 1.82) is 0 Å². The fraction of sp³-hybridized carbons (Fsp3) is 0.500. The van der Waals surface area contributed by atoms with Gasteiger partial charge in [0.2, 0.25) is 0 Å². The molecule has 1 aromatic carbocycles. The fourth-order valence-corrected chi connectivity index (χ4v) is 1.84. The van der Waals surface area contributed by atoms with Crippen molar-refractivity contribution in [2.75, 3.05) is 11.9 Å². The molecule has 1 fully saturated rings. The van der Waals surface area contributed by atoms with E-state index in [4.69, 9.17) is 11.6 Å². The Morgan fingerprint density at radius 2 is 2.00 bits per heavy atom. The van der Waals surface area contributed by atoms with Gasteiger partial charge < -0.3 is 5.32 Å². The lowest BCUT2D eigenvalue weighted by atomic mass is 10.2. The van der Waals surface area contributed by atoms with E-state index in [-0.39, 0.29) is 0 Å². The number of hydrogen-bond donors (Lipinski definition) is 1. The summed E-state index contributed by atoms with van der Waals surface area (Å²) in [7, 11) is 0. The summed E-state index contributed by atoms with van der Waals surface area (Å²) in [5.74, 6) is 0.743. The zero-order valence-corrected chi connectivity index (χ0v) is 9.91. The molecule has 1 aromatic rings. The van der Waals surface area contributed by atoms with Crippen LogP contribution >= 0.6 is 11.6 Å². The van der Waals surface area contributed by atoms with Crippen LogP contribution in [0, 0.1) is 5.92 Å². The average Bonchev–Trinajstić information content (AvgIpc) is 3.03. The quantitative estimate of drug-likeness (QED) is 0.839. The van der Waals surface area contributed by atoms with Gasteiger partial charge in [0.1, 0.15) is 0 Å². The molecule has 17 heavy (non-hydrogen) atoms. The molecule has 0 saturated heterocycles. The number of alkyl halides is 3. The van der Waals surface area contributed by atoms with Crippen LogP contribution in [0.3, 0.4) is 0 Å². The van der Waals surface area contributed by atoms with Crippen LogP contribution in [0.5, 0.6) is 0 Å². The topological polar surface area (TPSA) is 12.0 Å². The van der Waals surface area contributed by atoms with Crippen LogP contribution in [0.1, 0.15) is 24.8 Å². The molecule has 1 nitrogen and oxygen atoms in total. The van der Waals surface area contributed by atoms with Gasteiger partial charge in [0.25, 0.3) is 0 Å². The minimum absolute atomic E-state index is 0.328. The van der Waals surface area contributed by atoms with Gasteiger partial charge in [-0.2, -0.15) is 13.2 Å². The molecule has 0 aromatic heterocycles. The van der Waals surface area contributed by atoms with Crippen LogP contribution in [-0.4, -0.2) is 6.54 Å². The predicted molar refractivity (Wildman–Crippen MR) is 62.3 cm³/mol. The molecule has 1 aliphatic carbocycles. The van der Waals surface area contributed by atoms with E-state index in [9.17, 15) is 13.2 Å². The molecule has 1 aliphatic rings. The monoisotopic (exact) mass is 263 g/mol. The number of nitrogens with one attached hydrogen (secondary N) is 1. The Balaban J connectivity index is 2.03. The van der Waals surface area contributed by atoms with Gasteiger partial charge in [-0.15, -0.1) is 0 Å². The van der Waals surface area contributed by atoms with Crippen molar-refractivity contribution in [1.82, 2.24) is 0 Å². The van der Waals surface area contributed by atoms with Gasteiger partial charge in [0.15, 0.2) is 0 Å². The van der Waals surface area contributed by atoms with E-state index in [1.54, 1.807) is 0 Å². The number of benzene rings is 1. The van der Waals surface area contributed by atoms with Crippen LogP contribution in [-0.2, 0) is 6.18 Å². The van der Waals surface area contributed by atoms with Gasteiger partial charge in [0, 0.05) is 6.54 Å². The van der Waals surface area contributed by atoms with Crippen molar-refractivity contribution in [2.45, 2.75) is 25.4 Å². The third-order valence-corrected chi connectivity index (χ3v) is 3.19. The molecule has 94 valence electrons. The molecule has 0 spiro atoms. The molecule has 1 saturated carbocycles. The van der Waals surface area contributed by atoms with E-state index in [1.807, 2.05) is 0 Å². The smallest absolute Gasteiger partial charge is 0.384 e. The fourth-order valence-electron chi connectivity index (χ4n) is 1.65. The largest absolute Gasteiger partial charge is 0.416 e. The number of anilines is 1. The highest BCUT2D eigenvalue weighted by Gasteiger charge is 2.31. The van der Waals surface area contributed by atoms with Gasteiger partial charge in [-0.25, -0.2) is 0 Å². The third kappa shape index (κ3) is 3.53. The average molecular weight is 264 g/mol. The summed E-state index contributed by atoms with van der Waals surface area (Å²) in [6.45, 7) is 0.672. The van der Waals surface area contributed by atoms with E-state index in [2.05, 4.69) is 5.32 Å². The summed E-state index contributed by atoms with van der Waals surface area (Å²) in [6.07, 6.45) is -0.861. The van der Waals surface area contributed by atoms with Gasteiger partial charge in [-0.05, 0) is 30.5 Å². The van der Waals surface area contributed by atoms with Gasteiger partial charge in [0.05, 0.1) is 16.3 Å². The molecule has 0 unspecified atom stereocenters. The Hall–Kier alpha value is -0.900. The molecule has 0 atom stereocenters. The Morgan fingerprint density at radius 3 is 2.59 bits per heavy atom. The highest BCUT2D eigenvalue weighted by atomic mass is 35.5. The minimum Gasteiger partial charge on any atom is -0.384 e. The Morgan fingerprint density at radius 1 is 1.29 bits per heavy atom. The van der Waals surface area contributed by atoms with Crippen LogP contribution in [0.15, 0.2) is 18.2 Å². The van der Waals surface area contributed by atoms with Crippen molar-refractivity contribution in [3.05, 3.63) is 28.8 Å². The standard InChI is InChI=1S/C12H13ClF3N/c13-10-4-3-9(12(14,15)16)7-11(10)17-6-5-8-1-2-8/h3-4,7-8,17H,1-2,5-6H2. The normalized spacial score (nSPS) is 16.0. The van der Waals surface area contributed by atoms with Crippen molar-refractivity contribution < 1.29 is 13.2 Å². The lowest BCUT2D eigenvalue weighted by molar-refractivity contribution is -0.137. The highest BCUT2D eigenvalue weighted by molar-refractivity contribution is 6.33. The minimum atomic E-state index is -4.32. The molecular weight excluding hydrogens is 251 g/mol. The first kappa shape index (κ1) is 12.6. The summed E-state index contributed by atoms with van der Waals surface area (Å²) < 4.78 is 37.5. The molecule has 5 heteroatoms. The summed E-state index contributed by atoms with van der Waals surface area (Å²) in [5.41, 5.74) is -0.307. The van der Waals surface area contributed by atoms with Crippen LogP contribution < -0.4 is 5.32 Å². The predicted octanol–water partition coefficient (Wildman–Crippen LogP) is 4.57. The maximum atomic E-state index is 12.5. The molecule has 0 heterocycles. The Kier molecular flexibility index (Phi) is 3.52. The first-order valence-corrected chi connectivity index (χ1v) is 5.95. The third-order valence-electron chi connectivity index (χ3n) is 2.86. The van der Waals surface area contributed by atoms with E-state index in [0.717, 1.165) is 24.5 Å². The van der Waals surface area contributed by atoms with Crippen LogP contribution in [0.2, 0.25) is 5.02 Å².